The zero-order valence-electron chi connectivity index (χ0n) is 14.6. The monoisotopic (exact) mass is 313 g/mol. The van der Waals surface area contributed by atoms with E-state index < -0.39 is 28.8 Å². The lowest BCUT2D eigenvalue weighted by molar-refractivity contribution is -0.187. The topological polar surface area (TPSA) is 72.9 Å². The second-order valence-corrected chi connectivity index (χ2v) is 7.79. The van der Waals surface area contributed by atoms with Gasteiger partial charge in [0.05, 0.1) is 0 Å². The molecule has 0 aromatic carbocycles. The first-order chi connectivity index (χ1) is 9.83. The summed E-state index contributed by atoms with van der Waals surface area (Å²) in [6.45, 7) is 12.7. The molecule has 1 aliphatic heterocycles. The molecular formula is C16H27NO5. The van der Waals surface area contributed by atoms with Crippen molar-refractivity contribution in [2.45, 2.75) is 71.6 Å². The average Bonchev–Trinajstić information content (AvgIpc) is 2.27. The number of aldehydes is 1. The van der Waals surface area contributed by atoms with Crippen molar-refractivity contribution in [3.05, 3.63) is 0 Å². The fourth-order valence-corrected chi connectivity index (χ4v) is 2.50. The maximum Gasteiger partial charge on any atom is 0.411 e. The van der Waals surface area contributed by atoms with E-state index in [0.29, 0.717) is 12.8 Å². The van der Waals surface area contributed by atoms with Gasteiger partial charge in [-0.1, -0.05) is 6.92 Å². The molecule has 0 aromatic rings. The molecule has 6 heteroatoms. The van der Waals surface area contributed by atoms with Gasteiger partial charge in [-0.2, -0.15) is 0 Å². The molecule has 2 unspecified atom stereocenters. The van der Waals surface area contributed by atoms with Crippen molar-refractivity contribution in [3.63, 3.8) is 0 Å². The third kappa shape index (κ3) is 3.78. The molecule has 6 nitrogen and oxygen atoms in total. The molecule has 1 amide bonds. The van der Waals surface area contributed by atoms with E-state index in [-0.39, 0.29) is 12.3 Å². The fraction of sp³-hybridized carbons (Fsp3) is 0.812. The van der Waals surface area contributed by atoms with Crippen LogP contribution in [0.4, 0.5) is 4.79 Å². The Hall–Kier alpha value is -1.59. The highest BCUT2D eigenvalue weighted by molar-refractivity contribution is 5.91. The van der Waals surface area contributed by atoms with Crippen LogP contribution in [0, 0.1) is 5.92 Å². The quantitative estimate of drug-likeness (QED) is 0.591. The lowest BCUT2D eigenvalue weighted by Crippen LogP contribution is -2.73. The SMILES string of the molecule is CC1CN(C(=O)OC(C)(C)C)C1(CC=O)C(=O)OC(C)(C)C. The molecule has 0 aromatic heterocycles. The van der Waals surface area contributed by atoms with Gasteiger partial charge < -0.3 is 14.3 Å². The molecule has 1 rings (SSSR count). The number of hydrogen-bond donors (Lipinski definition) is 0. The Morgan fingerprint density at radius 1 is 1.14 bits per heavy atom. The van der Waals surface area contributed by atoms with Crippen molar-refractivity contribution in [1.82, 2.24) is 4.90 Å². The summed E-state index contributed by atoms with van der Waals surface area (Å²) in [4.78, 5) is 37.3. The average molecular weight is 313 g/mol. The Bertz CT molecular complexity index is 460. The van der Waals surface area contributed by atoms with E-state index in [2.05, 4.69) is 0 Å². The second kappa shape index (κ2) is 5.89. The van der Waals surface area contributed by atoms with Crippen molar-refractivity contribution >= 4 is 18.3 Å². The van der Waals surface area contributed by atoms with Crippen LogP contribution in [0.1, 0.15) is 54.9 Å². The molecule has 22 heavy (non-hydrogen) atoms. The van der Waals surface area contributed by atoms with Crippen molar-refractivity contribution in [3.8, 4) is 0 Å². The first-order valence-electron chi connectivity index (χ1n) is 7.51. The normalized spacial score (nSPS) is 25.2. The Morgan fingerprint density at radius 3 is 2.00 bits per heavy atom. The summed E-state index contributed by atoms with van der Waals surface area (Å²) >= 11 is 0. The van der Waals surface area contributed by atoms with Gasteiger partial charge in [0.15, 0.2) is 5.54 Å². The van der Waals surface area contributed by atoms with Crippen molar-refractivity contribution < 1.29 is 23.9 Å². The van der Waals surface area contributed by atoms with E-state index in [4.69, 9.17) is 9.47 Å². The molecule has 0 aliphatic carbocycles. The standard InChI is InChI=1S/C16H27NO5/c1-11-10-17(13(20)22-15(5,6)7)16(11,8-9-18)12(19)21-14(2,3)4/h9,11H,8,10H2,1-7H3. The largest absolute Gasteiger partial charge is 0.458 e. The molecule has 0 radical (unpaired) electrons. The highest BCUT2D eigenvalue weighted by Gasteiger charge is 2.61. The summed E-state index contributed by atoms with van der Waals surface area (Å²) in [7, 11) is 0. The Morgan fingerprint density at radius 2 is 1.64 bits per heavy atom. The van der Waals surface area contributed by atoms with Gasteiger partial charge in [-0.25, -0.2) is 9.59 Å². The Kier molecular flexibility index (Phi) is 4.94. The van der Waals surface area contributed by atoms with Crippen LogP contribution in [0.2, 0.25) is 0 Å². The van der Waals surface area contributed by atoms with E-state index in [0.717, 1.165) is 0 Å². The van der Waals surface area contributed by atoms with Crippen LogP contribution in [-0.2, 0) is 19.1 Å². The van der Waals surface area contributed by atoms with Gasteiger partial charge in [0.2, 0.25) is 0 Å². The van der Waals surface area contributed by atoms with Crippen LogP contribution in [-0.4, -0.2) is 46.5 Å². The van der Waals surface area contributed by atoms with E-state index in [1.807, 2.05) is 6.92 Å². The lowest BCUT2D eigenvalue weighted by Gasteiger charge is -2.54. The number of carbonyl (C=O) groups excluding carboxylic acids is 3. The highest BCUT2D eigenvalue weighted by Crippen LogP contribution is 2.41. The summed E-state index contributed by atoms with van der Waals surface area (Å²) in [5, 5.41) is 0. The number of esters is 1. The Balaban J connectivity index is 3.06. The molecule has 0 N–H and O–H groups in total. The molecule has 2 atom stereocenters. The molecule has 1 saturated heterocycles. The van der Waals surface area contributed by atoms with Crippen molar-refractivity contribution in [1.29, 1.82) is 0 Å². The van der Waals surface area contributed by atoms with E-state index in [1.54, 1.807) is 41.5 Å². The number of likely N-dealkylation sites (tertiary alicyclic amines) is 1. The van der Waals surface area contributed by atoms with Crippen LogP contribution in [0.5, 0.6) is 0 Å². The molecule has 0 spiro atoms. The summed E-state index contributed by atoms with van der Waals surface area (Å²) < 4.78 is 10.8. The molecule has 1 fully saturated rings. The van der Waals surface area contributed by atoms with Crippen LogP contribution in [0.25, 0.3) is 0 Å². The number of nitrogens with zero attached hydrogens (tertiary/aromatic N) is 1. The molecule has 0 bridgehead atoms. The smallest absolute Gasteiger partial charge is 0.411 e. The van der Waals surface area contributed by atoms with Crippen molar-refractivity contribution in [2.75, 3.05) is 6.54 Å². The van der Waals surface area contributed by atoms with Crippen LogP contribution >= 0.6 is 0 Å². The Labute approximate surface area is 132 Å². The zero-order valence-corrected chi connectivity index (χ0v) is 14.6. The number of hydrogen-bond acceptors (Lipinski definition) is 5. The minimum absolute atomic E-state index is 0.0949. The van der Waals surface area contributed by atoms with E-state index in [1.165, 1.54) is 4.90 Å². The van der Waals surface area contributed by atoms with Gasteiger partial charge in [-0.05, 0) is 41.5 Å². The highest BCUT2D eigenvalue weighted by atomic mass is 16.6. The summed E-state index contributed by atoms with van der Waals surface area (Å²) in [6.07, 6.45) is -0.0440. The maximum atomic E-state index is 12.6. The van der Waals surface area contributed by atoms with Crippen LogP contribution in [0.3, 0.4) is 0 Å². The molecule has 1 heterocycles. The van der Waals surface area contributed by atoms with E-state index in [9.17, 15) is 14.4 Å². The summed E-state index contributed by atoms with van der Waals surface area (Å²) in [5.41, 5.74) is -2.63. The fourth-order valence-electron chi connectivity index (χ4n) is 2.50. The van der Waals surface area contributed by atoms with Crippen molar-refractivity contribution in [2.24, 2.45) is 5.92 Å². The zero-order chi connectivity index (χ0) is 17.3. The van der Waals surface area contributed by atoms with Gasteiger partial charge in [0, 0.05) is 18.9 Å². The number of ether oxygens (including phenoxy) is 2. The summed E-state index contributed by atoms with van der Waals surface area (Å²) in [5.74, 6) is -0.725. The minimum atomic E-state index is -1.27. The van der Waals surface area contributed by atoms with Gasteiger partial charge in [0.1, 0.15) is 17.5 Å². The van der Waals surface area contributed by atoms with Crippen LogP contribution in [0.15, 0.2) is 0 Å². The van der Waals surface area contributed by atoms with E-state index >= 15 is 0 Å². The summed E-state index contributed by atoms with van der Waals surface area (Å²) in [6, 6.07) is 0. The lowest BCUT2D eigenvalue weighted by atomic mass is 9.73. The number of carbonyl (C=O) groups is 3. The predicted octanol–water partition coefficient (Wildman–Crippen LogP) is 2.54. The maximum absolute atomic E-state index is 12.6. The molecular weight excluding hydrogens is 286 g/mol. The molecule has 126 valence electrons. The third-order valence-corrected chi connectivity index (χ3v) is 3.51. The van der Waals surface area contributed by atoms with Gasteiger partial charge in [0.25, 0.3) is 0 Å². The van der Waals surface area contributed by atoms with Gasteiger partial charge >= 0.3 is 12.1 Å². The predicted molar refractivity (Wildman–Crippen MR) is 81.4 cm³/mol. The number of amides is 1. The second-order valence-electron chi connectivity index (χ2n) is 7.79. The number of rotatable bonds is 3. The molecule has 0 saturated carbocycles. The minimum Gasteiger partial charge on any atom is -0.458 e. The first kappa shape index (κ1) is 18.5. The van der Waals surface area contributed by atoms with Gasteiger partial charge in [-0.15, -0.1) is 0 Å². The van der Waals surface area contributed by atoms with Gasteiger partial charge in [-0.3, -0.25) is 4.90 Å². The van der Waals surface area contributed by atoms with Crippen LogP contribution < -0.4 is 0 Å². The molecule has 1 aliphatic rings. The first-order valence-corrected chi connectivity index (χ1v) is 7.51. The third-order valence-electron chi connectivity index (χ3n) is 3.51.